The molecule has 1 atom stereocenters. The molecular weight excluding hydrogens is 430 g/mol. The number of nitrogens with one attached hydrogen (secondary N) is 2. The summed E-state index contributed by atoms with van der Waals surface area (Å²) in [5, 5.41) is 25.3. The van der Waals surface area contributed by atoms with E-state index in [9.17, 15) is 29.6 Å². The predicted octanol–water partition coefficient (Wildman–Crippen LogP) is 2.77. The van der Waals surface area contributed by atoms with Crippen molar-refractivity contribution in [3.05, 3.63) is 106 Å². The van der Waals surface area contributed by atoms with E-state index in [1.807, 2.05) is 0 Å². The van der Waals surface area contributed by atoms with Crippen LogP contribution in [0.15, 0.2) is 83.1 Å². The van der Waals surface area contributed by atoms with Crippen molar-refractivity contribution in [2.45, 2.75) is 12.5 Å². The van der Waals surface area contributed by atoms with Gasteiger partial charge in [-0.25, -0.2) is 4.79 Å². The molecule has 0 saturated heterocycles. The lowest BCUT2D eigenvalue weighted by molar-refractivity contribution is -0.384. The molecule has 0 spiro atoms. The van der Waals surface area contributed by atoms with Gasteiger partial charge in [0.15, 0.2) is 0 Å². The van der Waals surface area contributed by atoms with Crippen LogP contribution in [0.1, 0.15) is 21.7 Å². The van der Waals surface area contributed by atoms with E-state index in [1.54, 1.807) is 36.4 Å². The van der Waals surface area contributed by atoms with E-state index in [1.165, 1.54) is 36.6 Å². The highest BCUT2D eigenvalue weighted by molar-refractivity contribution is 6.06. The van der Waals surface area contributed by atoms with Gasteiger partial charge < -0.3 is 20.2 Å². The number of carboxylic acids is 1. The second-order valence-corrected chi connectivity index (χ2v) is 6.89. The quantitative estimate of drug-likeness (QED) is 0.258. The maximum Gasteiger partial charge on any atom is 0.326 e. The van der Waals surface area contributed by atoms with E-state index in [-0.39, 0.29) is 29.1 Å². The van der Waals surface area contributed by atoms with Crippen LogP contribution in [0, 0.1) is 10.1 Å². The molecule has 0 bridgehead atoms. The average Bonchev–Trinajstić information content (AvgIpc) is 3.32. The molecule has 1 aromatic heterocycles. The summed E-state index contributed by atoms with van der Waals surface area (Å²) in [6.07, 6.45) is 2.61. The summed E-state index contributed by atoms with van der Waals surface area (Å²) in [5.41, 5.74) is 0.0574. The Morgan fingerprint density at radius 3 is 2.45 bits per heavy atom. The van der Waals surface area contributed by atoms with E-state index in [2.05, 4.69) is 10.6 Å². The van der Waals surface area contributed by atoms with Gasteiger partial charge >= 0.3 is 5.97 Å². The Balaban J connectivity index is 1.83. The Kier molecular flexibility index (Phi) is 7.32. The van der Waals surface area contributed by atoms with Crippen molar-refractivity contribution < 1.29 is 28.8 Å². The molecule has 2 aromatic carbocycles. The van der Waals surface area contributed by atoms with E-state index in [0.29, 0.717) is 5.56 Å². The van der Waals surface area contributed by atoms with Gasteiger partial charge in [0.25, 0.3) is 17.5 Å². The first-order valence-electron chi connectivity index (χ1n) is 9.72. The van der Waals surface area contributed by atoms with Crippen LogP contribution in [-0.2, 0) is 16.0 Å². The fourth-order valence-corrected chi connectivity index (χ4v) is 2.92. The number of benzene rings is 2. The summed E-state index contributed by atoms with van der Waals surface area (Å²) in [7, 11) is 0. The summed E-state index contributed by atoms with van der Waals surface area (Å²) in [6.45, 7) is 0. The van der Waals surface area contributed by atoms with Gasteiger partial charge in [0.1, 0.15) is 17.5 Å². The Hall–Kier alpha value is -4.73. The number of non-ortho nitro benzene ring substituents is 1. The normalized spacial score (nSPS) is 11.9. The zero-order chi connectivity index (χ0) is 23.8. The van der Waals surface area contributed by atoms with Crippen LogP contribution < -0.4 is 10.6 Å². The lowest BCUT2D eigenvalue weighted by Gasteiger charge is -2.16. The molecule has 3 aromatic rings. The standard InChI is InChI=1S/C23H19N3O7/c27-21(16-8-4-9-17(13-16)26(31)32)24-19(14-18-10-5-11-33-18)22(28)25-20(23(29)30)12-15-6-2-1-3-7-15/h1-11,13-14,20H,12H2,(H,24,27)(H,25,28)(H,29,30)/b19-14-/t20-/m0/s1. The number of rotatable bonds is 9. The van der Waals surface area contributed by atoms with Gasteiger partial charge in [-0.2, -0.15) is 0 Å². The molecule has 1 heterocycles. The van der Waals surface area contributed by atoms with Gasteiger partial charge in [-0.15, -0.1) is 0 Å². The van der Waals surface area contributed by atoms with Crippen LogP contribution >= 0.6 is 0 Å². The Labute approximate surface area is 187 Å². The highest BCUT2D eigenvalue weighted by Gasteiger charge is 2.24. The van der Waals surface area contributed by atoms with E-state index >= 15 is 0 Å². The van der Waals surface area contributed by atoms with Gasteiger partial charge in [-0.05, 0) is 23.8 Å². The predicted molar refractivity (Wildman–Crippen MR) is 117 cm³/mol. The second kappa shape index (κ2) is 10.5. The Bertz CT molecular complexity index is 1190. The summed E-state index contributed by atoms with van der Waals surface area (Å²) in [6, 6.07) is 15.5. The largest absolute Gasteiger partial charge is 0.480 e. The van der Waals surface area contributed by atoms with Gasteiger partial charge in [0.2, 0.25) is 0 Å². The third-order valence-electron chi connectivity index (χ3n) is 4.53. The first-order valence-corrected chi connectivity index (χ1v) is 9.72. The van der Waals surface area contributed by atoms with Crippen LogP contribution in [0.2, 0.25) is 0 Å². The number of carbonyl (C=O) groups is 3. The minimum absolute atomic E-state index is 0.0226. The number of carboxylic acid groups (broad SMARTS) is 1. The molecule has 0 aliphatic carbocycles. The van der Waals surface area contributed by atoms with Gasteiger partial charge in [-0.3, -0.25) is 19.7 Å². The average molecular weight is 449 g/mol. The summed E-state index contributed by atoms with van der Waals surface area (Å²) in [4.78, 5) is 47.6. The van der Waals surface area contributed by atoms with Gasteiger partial charge in [-0.1, -0.05) is 36.4 Å². The van der Waals surface area contributed by atoms with Crippen LogP contribution in [0.5, 0.6) is 0 Å². The third-order valence-corrected chi connectivity index (χ3v) is 4.53. The van der Waals surface area contributed by atoms with Crippen molar-refractivity contribution in [2.75, 3.05) is 0 Å². The number of hydrogen-bond donors (Lipinski definition) is 3. The lowest BCUT2D eigenvalue weighted by atomic mass is 10.1. The van der Waals surface area contributed by atoms with Crippen LogP contribution in [0.3, 0.4) is 0 Å². The number of aliphatic carboxylic acids is 1. The number of nitrogens with zero attached hydrogens (tertiary/aromatic N) is 1. The first-order chi connectivity index (χ1) is 15.8. The van der Waals surface area contributed by atoms with E-state index < -0.39 is 28.7 Å². The zero-order valence-corrected chi connectivity index (χ0v) is 17.1. The monoisotopic (exact) mass is 449 g/mol. The lowest BCUT2D eigenvalue weighted by Crippen LogP contribution is -2.45. The smallest absolute Gasteiger partial charge is 0.326 e. The fourth-order valence-electron chi connectivity index (χ4n) is 2.92. The molecular formula is C23H19N3O7. The highest BCUT2D eigenvalue weighted by atomic mass is 16.6. The molecule has 0 radical (unpaired) electrons. The first kappa shape index (κ1) is 22.9. The maximum absolute atomic E-state index is 12.9. The van der Waals surface area contributed by atoms with Crippen molar-refractivity contribution >= 4 is 29.5 Å². The number of nitro groups is 1. The minimum atomic E-state index is -1.27. The molecule has 2 amide bonds. The molecule has 3 rings (SSSR count). The minimum Gasteiger partial charge on any atom is -0.480 e. The van der Waals surface area contributed by atoms with Crippen LogP contribution in [-0.4, -0.2) is 33.9 Å². The number of nitro benzene ring substituents is 1. The molecule has 0 aliphatic rings. The molecule has 10 nitrogen and oxygen atoms in total. The Morgan fingerprint density at radius 1 is 1.06 bits per heavy atom. The highest BCUT2D eigenvalue weighted by Crippen LogP contribution is 2.14. The van der Waals surface area contributed by atoms with Crippen molar-refractivity contribution in [2.24, 2.45) is 0 Å². The van der Waals surface area contributed by atoms with Crippen molar-refractivity contribution in [3.63, 3.8) is 0 Å². The van der Waals surface area contributed by atoms with Crippen molar-refractivity contribution in [3.8, 4) is 0 Å². The van der Waals surface area contributed by atoms with Gasteiger partial charge in [0, 0.05) is 30.2 Å². The number of carbonyl (C=O) groups excluding carboxylic acids is 2. The molecule has 10 heteroatoms. The summed E-state index contributed by atoms with van der Waals surface area (Å²) < 4.78 is 5.19. The van der Waals surface area contributed by atoms with Crippen LogP contribution in [0.4, 0.5) is 5.69 Å². The summed E-state index contributed by atoms with van der Waals surface area (Å²) in [5.74, 6) is -2.68. The zero-order valence-electron chi connectivity index (χ0n) is 17.1. The molecule has 0 saturated carbocycles. The fraction of sp³-hybridized carbons (Fsp3) is 0.0870. The SMILES string of the molecule is O=C(N[C@@H](Cc1ccccc1)C(=O)O)/C(=C/c1ccco1)NC(=O)c1cccc([N+](=O)[O-])c1. The molecule has 0 aliphatic heterocycles. The molecule has 168 valence electrons. The van der Waals surface area contributed by atoms with E-state index in [0.717, 1.165) is 6.07 Å². The second-order valence-electron chi connectivity index (χ2n) is 6.89. The molecule has 33 heavy (non-hydrogen) atoms. The molecule has 3 N–H and O–H groups in total. The van der Waals surface area contributed by atoms with E-state index in [4.69, 9.17) is 4.42 Å². The third kappa shape index (κ3) is 6.37. The Morgan fingerprint density at radius 2 is 1.82 bits per heavy atom. The number of amides is 2. The summed E-state index contributed by atoms with van der Waals surface area (Å²) >= 11 is 0. The number of hydrogen-bond acceptors (Lipinski definition) is 6. The van der Waals surface area contributed by atoms with Crippen molar-refractivity contribution in [1.82, 2.24) is 10.6 Å². The topological polar surface area (TPSA) is 152 Å². The number of furan rings is 1. The molecule has 0 unspecified atom stereocenters. The van der Waals surface area contributed by atoms with Gasteiger partial charge in [0.05, 0.1) is 11.2 Å². The van der Waals surface area contributed by atoms with Crippen LogP contribution in [0.25, 0.3) is 6.08 Å². The molecule has 0 fully saturated rings. The van der Waals surface area contributed by atoms with Crippen molar-refractivity contribution in [1.29, 1.82) is 0 Å². The maximum atomic E-state index is 12.9.